The monoisotopic (exact) mass is 158 g/mol. The second-order valence-corrected chi connectivity index (χ2v) is 1.69. The molecule has 6 nitrogen and oxygen atoms in total. The molecule has 0 atom stereocenters. The number of carbonyl (C=O) groups is 1. The second-order valence-electron chi connectivity index (χ2n) is 1.69. The smallest absolute Gasteiger partial charge is 0.406 e. The molecule has 0 aliphatic carbocycles. The topological polar surface area (TPSA) is 87.1 Å². The predicted octanol–water partition coefficient (Wildman–Crippen LogP) is 1.04. The molecular formula is C5H10N4O2. The van der Waals surface area contributed by atoms with Gasteiger partial charge in [0.1, 0.15) is 0 Å². The molecule has 0 radical (unpaired) electrons. The summed E-state index contributed by atoms with van der Waals surface area (Å²) in [5.74, 6) is 0. The Morgan fingerprint density at radius 1 is 1.82 bits per heavy atom. The summed E-state index contributed by atoms with van der Waals surface area (Å²) in [7, 11) is 1.48. The molecular weight excluding hydrogens is 148 g/mol. The molecule has 11 heavy (non-hydrogen) atoms. The van der Waals surface area contributed by atoms with Crippen molar-refractivity contribution in [3.05, 3.63) is 10.4 Å². The molecule has 0 spiro atoms. The fourth-order valence-electron chi connectivity index (χ4n) is 0.417. The second kappa shape index (κ2) is 6.70. The molecule has 0 rings (SSSR count). The molecule has 0 heterocycles. The quantitative estimate of drug-likeness (QED) is 0.287. The maximum absolute atomic E-state index is 10.4. The number of nitrogens with zero attached hydrogens (tertiary/aromatic N) is 3. The molecule has 0 fully saturated rings. The maximum atomic E-state index is 10.4. The van der Waals surface area contributed by atoms with Crippen LogP contribution >= 0.6 is 0 Å². The highest BCUT2D eigenvalue weighted by Crippen LogP contribution is 1.84. The number of hydrogen-bond donors (Lipinski definition) is 1. The Balaban J connectivity index is 3.14. The van der Waals surface area contributed by atoms with Gasteiger partial charge in [0.25, 0.3) is 0 Å². The molecule has 0 aromatic heterocycles. The minimum absolute atomic E-state index is 0.276. The van der Waals surface area contributed by atoms with Crippen LogP contribution in [0.2, 0.25) is 0 Å². The molecule has 1 amide bonds. The summed E-state index contributed by atoms with van der Waals surface area (Å²) >= 11 is 0. The van der Waals surface area contributed by atoms with E-state index in [-0.39, 0.29) is 6.61 Å². The normalized spacial score (nSPS) is 8.09. The number of carbonyl (C=O) groups excluding carboxylic acids is 1. The molecule has 1 N–H and O–H groups in total. The van der Waals surface area contributed by atoms with Crippen molar-refractivity contribution in [1.82, 2.24) is 5.32 Å². The summed E-state index contributed by atoms with van der Waals surface area (Å²) < 4.78 is 4.60. The number of alkyl carbamates (subject to hydrolysis) is 1. The van der Waals surface area contributed by atoms with Crippen LogP contribution in [0.1, 0.15) is 6.42 Å². The van der Waals surface area contributed by atoms with Crippen molar-refractivity contribution in [2.75, 3.05) is 20.2 Å². The minimum Gasteiger partial charge on any atom is -0.450 e. The van der Waals surface area contributed by atoms with Crippen molar-refractivity contribution < 1.29 is 9.53 Å². The molecule has 0 saturated heterocycles. The van der Waals surface area contributed by atoms with E-state index in [1.807, 2.05) is 0 Å². The first-order valence-corrected chi connectivity index (χ1v) is 3.16. The molecule has 0 aliphatic rings. The van der Waals surface area contributed by atoms with Crippen molar-refractivity contribution in [2.24, 2.45) is 5.11 Å². The highest BCUT2D eigenvalue weighted by Gasteiger charge is 1.94. The van der Waals surface area contributed by atoms with Crippen LogP contribution in [0.25, 0.3) is 10.4 Å². The van der Waals surface area contributed by atoms with Gasteiger partial charge in [-0.2, -0.15) is 0 Å². The van der Waals surface area contributed by atoms with Crippen molar-refractivity contribution in [1.29, 1.82) is 0 Å². The predicted molar refractivity (Wildman–Crippen MR) is 39.0 cm³/mol. The van der Waals surface area contributed by atoms with E-state index < -0.39 is 6.09 Å². The van der Waals surface area contributed by atoms with Crippen LogP contribution in [-0.4, -0.2) is 26.3 Å². The van der Waals surface area contributed by atoms with Crippen molar-refractivity contribution >= 4 is 6.09 Å². The summed E-state index contributed by atoms with van der Waals surface area (Å²) in [6.45, 7) is 0.631. The zero-order chi connectivity index (χ0) is 8.53. The van der Waals surface area contributed by atoms with E-state index in [1.54, 1.807) is 0 Å². The molecule has 0 aliphatic heterocycles. The number of azide groups is 1. The van der Waals surface area contributed by atoms with E-state index in [2.05, 4.69) is 20.1 Å². The molecule has 0 unspecified atom stereocenters. The Labute approximate surface area is 64.2 Å². The first-order chi connectivity index (χ1) is 5.31. The van der Waals surface area contributed by atoms with Gasteiger partial charge in [-0.1, -0.05) is 5.11 Å². The molecule has 0 bridgehead atoms. The summed E-state index contributed by atoms with van der Waals surface area (Å²) in [6, 6.07) is 0. The highest BCUT2D eigenvalue weighted by molar-refractivity contribution is 5.66. The summed E-state index contributed by atoms with van der Waals surface area (Å²) in [6.07, 6.45) is 0.0863. The molecule has 0 aromatic carbocycles. The SMILES string of the molecule is CNC(=O)OCCCN=[N+]=[N-]. The third-order valence-electron chi connectivity index (χ3n) is 0.903. The first kappa shape index (κ1) is 9.58. The largest absolute Gasteiger partial charge is 0.450 e. The van der Waals surface area contributed by atoms with Crippen molar-refractivity contribution in [3.63, 3.8) is 0 Å². The van der Waals surface area contributed by atoms with Crippen LogP contribution in [0.15, 0.2) is 5.11 Å². The third-order valence-corrected chi connectivity index (χ3v) is 0.903. The van der Waals surface area contributed by atoms with Crippen LogP contribution in [0, 0.1) is 0 Å². The van der Waals surface area contributed by atoms with Crippen molar-refractivity contribution in [2.45, 2.75) is 6.42 Å². The van der Waals surface area contributed by atoms with Gasteiger partial charge in [0, 0.05) is 18.5 Å². The Hall–Kier alpha value is -1.42. The Morgan fingerprint density at radius 3 is 3.09 bits per heavy atom. The van der Waals surface area contributed by atoms with Gasteiger partial charge in [-0.15, -0.1) is 0 Å². The van der Waals surface area contributed by atoms with Gasteiger partial charge in [-0.25, -0.2) is 4.79 Å². The Morgan fingerprint density at radius 2 is 2.55 bits per heavy atom. The van der Waals surface area contributed by atoms with Gasteiger partial charge in [0.2, 0.25) is 0 Å². The lowest BCUT2D eigenvalue weighted by atomic mass is 10.5. The van der Waals surface area contributed by atoms with Gasteiger partial charge >= 0.3 is 6.09 Å². The van der Waals surface area contributed by atoms with Crippen LogP contribution in [-0.2, 0) is 4.74 Å². The number of rotatable bonds is 4. The van der Waals surface area contributed by atoms with E-state index in [0.29, 0.717) is 13.0 Å². The maximum Gasteiger partial charge on any atom is 0.406 e. The van der Waals surface area contributed by atoms with Crippen molar-refractivity contribution in [3.8, 4) is 0 Å². The van der Waals surface area contributed by atoms with Gasteiger partial charge in [-0.3, -0.25) is 0 Å². The van der Waals surface area contributed by atoms with Gasteiger partial charge in [0.15, 0.2) is 0 Å². The van der Waals surface area contributed by atoms with Crippen LogP contribution in [0.4, 0.5) is 4.79 Å². The summed E-state index contributed by atoms with van der Waals surface area (Å²) in [5.41, 5.74) is 7.86. The molecule has 0 saturated carbocycles. The fourth-order valence-corrected chi connectivity index (χ4v) is 0.417. The zero-order valence-electron chi connectivity index (χ0n) is 6.28. The van der Waals surface area contributed by atoms with Crippen LogP contribution in [0.5, 0.6) is 0 Å². The molecule has 6 heteroatoms. The Kier molecular flexibility index (Phi) is 5.83. The third kappa shape index (κ3) is 6.47. The lowest BCUT2D eigenvalue weighted by Crippen LogP contribution is -2.19. The standard InChI is InChI=1S/C5H10N4O2/c1-7-5(10)11-4-2-3-8-9-6/h2-4H2,1H3,(H,7,10). The summed E-state index contributed by atoms with van der Waals surface area (Å²) in [5, 5.41) is 5.55. The number of ether oxygens (including phenoxy) is 1. The van der Waals surface area contributed by atoms with E-state index in [1.165, 1.54) is 7.05 Å². The number of nitrogens with one attached hydrogen (secondary N) is 1. The fraction of sp³-hybridized carbons (Fsp3) is 0.800. The van der Waals surface area contributed by atoms with E-state index in [4.69, 9.17) is 5.53 Å². The van der Waals surface area contributed by atoms with E-state index in [0.717, 1.165) is 0 Å². The van der Waals surface area contributed by atoms with Gasteiger partial charge < -0.3 is 10.1 Å². The van der Waals surface area contributed by atoms with E-state index in [9.17, 15) is 4.79 Å². The zero-order valence-corrected chi connectivity index (χ0v) is 6.28. The van der Waals surface area contributed by atoms with Crippen LogP contribution < -0.4 is 5.32 Å². The average Bonchev–Trinajstić information content (AvgIpc) is 2.04. The summed E-state index contributed by atoms with van der Waals surface area (Å²) in [4.78, 5) is 12.9. The van der Waals surface area contributed by atoms with Gasteiger partial charge in [-0.05, 0) is 12.0 Å². The number of amides is 1. The highest BCUT2D eigenvalue weighted by atomic mass is 16.5. The average molecular weight is 158 g/mol. The Bertz CT molecular complexity index is 164. The minimum atomic E-state index is -0.467. The van der Waals surface area contributed by atoms with E-state index >= 15 is 0 Å². The first-order valence-electron chi connectivity index (χ1n) is 3.16. The van der Waals surface area contributed by atoms with Gasteiger partial charge in [0.05, 0.1) is 6.61 Å². The van der Waals surface area contributed by atoms with Crippen LogP contribution in [0.3, 0.4) is 0 Å². The molecule has 62 valence electrons. The number of hydrogen-bond acceptors (Lipinski definition) is 3. The lowest BCUT2D eigenvalue weighted by Gasteiger charge is -2.00. The molecule has 0 aromatic rings. The lowest BCUT2D eigenvalue weighted by molar-refractivity contribution is 0.148.